The minimum absolute atomic E-state index is 0.152. The number of nitrogens with zero attached hydrogens (tertiary/aromatic N) is 1. The first-order valence-corrected chi connectivity index (χ1v) is 8.09. The van der Waals surface area contributed by atoms with E-state index >= 15 is 0 Å². The molecule has 0 aromatic heterocycles. The predicted molar refractivity (Wildman–Crippen MR) is 75.3 cm³/mol. The van der Waals surface area contributed by atoms with Crippen molar-refractivity contribution in [2.45, 2.75) is 31.2 Å². The molecule has 1 aliphatic rings. The molecule has 1 aromatic rings. The van der Waals surface area contributed by atoms with Crippen molar-refractivity contribution in [1.82, 2.24) is 0 Å². The van der Waals surface area contributed by atoms with Crippen LogP contribution in [0.15, 0.2) is 23.1 Å². The van der Waals surface area contributed by atoms with Crippen molar-refractivity contribution in [3.63, 3.8) is 0 Å². The van der Waals surface area contributed by atoms with Crippen molar-refractivity contribution in [3.8, 4) is 0 Å². The molecule has 1 heterocycles. The van der Waals surface area contributed by atoms with E-state index < -0.39 is 9.84 Å². The molecule has 2 rings (SSSR count). The number of hydrogen-bond acceptors (Lipinski definition) is 4. The van der Waals surface area contributed by atoms with E-state index in [0.717, 1.165) is 11.9 Å². The molecule has 0 saturated heterocycles. The quantitative estimate of drug-likeness (QED) is 0.895. The van der Waals surface area contributed by atoms with E-state index in [1.54, 1.807) is 6.07 Å². The molecular weight excluding hydrogens is 264 g/mol. The van der Waals surface area contributed by atoms with Crippen LogP contribution in [-0.4, -0.2) is 33.2 Å². The monoisotopic (exact) mass is 282 g/mol. The van der Waals surface area contributed by atoms with Crippen LogP contribution in [0.3, 0.4) is 0 Å². The van der Waals surface area contributed by atoms with Gasteiger partial charge in [0.15, 0.2) is 9.84 Å². The second-order valence-electron chi connectivity index (χ2n) is 5.01. The molecule has 1 aromatic carbocycles. The van der Waals surface area contributed by atoms with Crippen LogP contribution in [0.4, 0.5) is 11.4 Å². The maximum absolute atomic E-state index is 11.8. The van der Waals surface area contributed by atoms with Crippen molar-refractivity contribution in [2.24, 2.45) is 0 Å². The predicted octanol–water partition coefficient (Wildman–Crippen LogP) is 1.65. The highest BCUT2D eigenvalue weighted by atomic mass is 32.2. The highest BCUT2D eigenvalue weighted by molar-refractivity contribution is 7.90. The topological polar surface area (TPSA) is 66.5 Å². The van der Waals surface area contributed by atoms with Gasteiger partial charge < -0.3 is 10.2 Å². The van der Waals surface area contributed by atoms with E-state index in [4.69, 9.17) is 0 Å². The molecule has 0 radical (unpaired) electrons. The lowest BCUT2D eigenvalue weighted by molar-refractivity contribution is -0.116. The van der Waals surface area contributed by atoms with Crippen molar-refractivity contribution in [2.75, 3.05) is 23.0 Å². The summed E-state index contributed by atoms with van der Waals surface area (Å²) in [6, 6.07) is 5.27. The molecule has 0 aliphatic carbocycles. The number of carbonyl (C=O) groups excluding carboxylic acids is 1. The third-order valence-electron chi connectivity index (χ3n) is 3.18. The Bertz CT molecular complexity index is 608. The van der Waals surface area contributed by atoms with Gasteiger partial charge in [-0.15, -0.1) is 0 Å². The third-order valence-corrected chi connectivity index (χ3v) is 4.32. The molecule has 19 heavy (non-hydrogen) atoms. The summed E-state index contributed by atoms with van der Waals surface area (Å²) in [5.74, 6) is -0.152. The first-order valence-electron chi connectivity index (χ1n) is 6.20. The van der Waals surface area contributed by atoms with E-state index in [-0.39, 0.29) is 16.8 Å². The van der Waals surface area contributed by atoms with E-state index in [1.807, 2.05) is 24.8 Å². The minimum Gasteiger partial charge on any atom is -0.367 e. The van der Waals surface area contributed by atoms with E-state index in [1.165, 1.54) is 6.07 Å². The number of benzene rings is 1. The number of para-hydroxylation sites is 1. The van der Waals surface area contributed by atoms with Crippen LogP contribution in [-0.2, 0) is 14.6 Å². The molecule has 5 nitrogen and oxygen atoms in total. The van der Waals surface area contributed by atoms with Crippen molar-refractivity contribution < 1.29 is 13.2 Å². The van der Waals surface area contributed by atoms with E-state index in [2.05, 4.69) is 5.32 Å². The van der Waals surface area contributed by atoms with Gasteiger partial charge in [-0.2, -0.15) is 0 Å². The normalized spacial score (nSPS) is 16.0. The van der Waals surface area contributed by atoms with Crippen molar-refractivity contribution in [1.29, 1.82) is 0 Å². The van der Waals surface area contributed by atoms with Crippen LogP contribution in [0, 0.1) is 0 Å². The first kappa shape index (κ1) is 13.9. The van der Waals surface area contributed by atoms with Gasteiger partial charge in [-0.1, -0.05) is 6.07 Å². The summed E-state index contributed by atoms with van der Waals surface area (Å²) in [5, 5.41) is 2.72. The summed E-state index contributed by atoms with van der Waals surface area (Å²) in [6.07, 6.45) is 1.51. The van der Waals surface area contributed by atoms with Crippen LogP contribution >= 0.6 is 0 Å². The molecule has 0 unspecified atom stereocenters. The Hall–Kier alpha value is -1.56. The first-order chi connectivity index (χ1) is 8.80. The van der Waals surface area contributed by atoms with Gasteiger partial charge in [0.05, 0.1) is 16.3 Å². The van der Waals surface area contributed by atoms with Crippen LogP contribution in [0.1, 0.15) is 20.3 Å². The van der Waals surface area contributed by atoms with Gasteiger partial charge in [-0.3, -0.25) is 4.79 Å². The molecule has 0 saturated carbocycles. The molecule has 0 atom stereocenters. The fraction of sp³-hybridized carbons (Fsp3) is 0.462. The Kier molecular flexibility index (Phi) is 3.54. The van der Waals surface area contributed by atoms with Gasteiger partial charge in [0.1, 0.15) is 0 Å². The molecule has 104 valence electrons. The standard InChI is InChI=1S/C13H18N2O3S/c1-9(2)15-8-7-12(16)14-13-10(15)5-4-6-11(13)19(3,17)18/h4-6,9H,7-8H2,1-3H3,(H,14,16). The van der Waals surface area contributed by atoms with Gasteiger partial charge in [-0.25, -0.2) is 8.42 Å². The lowest BCUT2D eigenvalue weighted by Gasteiger charge is -2.28. The fourth-order valence-electron chi connectivity index (χ4n) is 2.27. The molecule has 1 amide bonds. The van der Waals surface area contributed by atoms with Crippen LogP contribution in [0.2, 0.25) is 0 Å². The molecule has 0 fully saturated rings. The highest BCUT2D eigenvalue weighted by Gasteiger charge is 2.25. The second kappa shape index (κ2) is 4.85. The number of nitrogens with one attached hydrogen (secondary N) is 1. The van der Waals surface area contributed by atoms with Crippen LogP contribution in [0.5, 0.6) is 0 Å². The molecule has 0 spiro atoms. The van der Waals surface area contributed by atoms with E-state index in [0.29, 0.717) is 18.7 Å². The average Bonchev–Trinajstić information content (AvgIpc) is 2.45. The molecular formula is C13H18N2O3S. The lowest BCUT2D eigenvalue weighted by Crippen LogP contribution is -2.31. The van der Waals surface area contributed by atoms with Gasteiger partial charge in [0.2, 0.25) is 5.91 Å². The van der Waals surface area contributed by atoms with E-state index in [9.17, 15) is 13.2 Å². The number of amides is 1. The van der Waals surface area contributed by atoms with Gasteiger partial charge in [-0.05, 0) is 26.0 Å². The minimum atomic E-state index is -3.37. The molecule has 6 heteroatoms. The zero-order chi connectivity index (χ0) is 14.2. The highest BCUT2D eigenvalue weighted by Crippen LogP contribution is 2.35. The van der Waals surface area contributed by atoms with Crippen molar-refractivity contribution >= 4 is 27.1 Å². The number of rotatable bonds is 2. The summed E-state index contributed by atoms with van der Waals surface area (Å²) in [6.45, 7) is 4.63. The number of sulfone groups is 1. The molecule has 0 bridgehead atoms. The Morgan fingerprint density at radius 3 is 2.58 bits per heavy atom. The Morgan fingerprint density at radius 1 is 1.32 bits per heavy atom. The maximum atomic E-state index is 11.8. The summed E-state index contributed by atoms with van der Waals surface area (Å²) in [5.41, 5.74) is 1.17. The third kappa shape index (κ3) is 2.73. The lowest BCUT2D eigenvalue weighted by atomic mass is 10.2. The fourth-order valence-corrected chi connectivity index (χ4v) is 3.13. The number of fused-ring (bicyclic) bond motifs is 1. The summed E-state index contributed by atoms with van der Waals surface area (Å²) in [7, 11) is -3.37. The summed E-state index contributed by atoms with van der Waals surface area (Å²) >= 11 is 0. The average molecular weight is 282 g/mol. The zero-order valence-electron chi connectivity index (χ0n) is 11.3. The van der Waals surface area contributed by atoms with Crippen LogP contribution in [0.25, 0.3) is 0 Å². The SMILES string of the molecule is CC(C)N1CCC(=O)Nc2c1cccc2S(C)(=O)=O. The summed E-state index contributed by atoms with van der Waals surface area (Å²) in [4.78, 5) is 14.0. The second-order valence-corrected chi connectivity index (χ2v) is 6.99. The Morgan fingerprint density at radius 2 is 2.00 bits per heavy atom. The zero-order valence-corrected chi connectivity index (χ0v) is 12.1. The number of carbonyl (C=O) groups is 1. The Balaban J connectivity index is 2.67. The smallest absolute Gasteiger partial charge is 0.226 e. The van der Waals surface area contributed by atoms with Gasteiger partial charge in [0.25, 0.3) is 0 Å². The number of hydrogen-bond donors (Lipinski definition) is 1. The molecule has 1 N–H and O–H groups in total. The van der Waals surface area contributed by atoms with Gasteiger partial charge >= 0.3 is 0 Å². The molecule has 1 aliphatic heterocycles. The Labute approximate surface area is 113 Å². The summed E-state index contributed by atoms with van der Waals surface area (Å²) < 4.78 is 23.7. The van der Waals surface area contributed by atoms with Gasteiger partial charge in [0, 0.05) is 25.3 Å². The number of anilines is 2. The maximum Gasteiger partial charge on any atom is 0.226 e. The largest absolute Gasteiger partial charge is 0.367 e. The van der Waals surface area contributed by atoms with Crippen LogP contribution < -0.4 is 10.2 Å². The van der Waals surface area contributed by atoms with Crippen molar-refractivity contribution in [3.05, 3.63) is 18.2 Å².